The monoisotopic (exact) mass is 901 g/mol. The minimum absolute atomic E-state index is 0.0267. The van der Waals surface area contributed by atoms with Gasteiger partial charge in [-0.25, -0.2) is 4.79 Å². The van der Waals surface area contributed by atoms with Gasteiger partial charge in [0.05, 0.1) is 12.6 Å². The van der Waals surface area contributed by atoms with Crippen molar-refractivity contribution < 1.29 is 48.6 Å². The number of anilines is 1. The van der Waals surface area contributed by atoms with Crippen LogP contribution in [0.5, 0.6) is 0 Å². The molecule has 0 saturated carbocycles. The number of hydrogen-bond acceptors (Lipinski definition) is 11. The van der Waals surface area contributed by atoms with Gasteiger partial charge in [-0.15, -0.1) is 0 Å². The Labute approximate surface area is 378 Å². The summed E-state index contributed by atoms with van der Waals surface area (Å²) in [4.78, 5) is 97.9. The van der Waals surface area contributed by atoms with Crippen LogP contribution >= 0.6 is 0 Å². The van der Waals surface area contributed by atoms with E-state index in [1.807, 2.05) is 66.7 Å². The van der Waals surface area contributed by atoms with Crippen molar-refractivity contribution in [3.63, 3.8) is 0 Å². The van der Waals surface area contributed by atoms with Gasteiger partial charge < -0.3 is 58.5 Å². The van der Waals surface area contributed by atoms with Gasteiger partial charge in [0, 0.05) is 71.0 Å². The van der Waals surface area contributed by atoms with Crippen LogP contribution in [0.25, 0.3) is 11.1 Å². The van der Waals surface area contributed by atoms with Gasteiger partial charge in [-0.05, 0) is 73.0 Å². The fourth-order valence-corrected chi connectivity index (χ4v) is 6.56. The Balaban J connectivity index is 1.75. The van der Waals surface area contributed by atoms with E-state index in [0.29, 0.717) is 24.3 Å². The minimum Gasteiger partial charge on any atom is -0.481 e. The maximum atomic E-state index is 14.1. The topological polar surface area (TPSA) is 299 Å². The van der Waals surface area contributed by atoms with E-state index in [2.05, 4.69) is 42.5 Å². The van der Waals surface area contributed by atoms with E-state index >= 15 is 0 Å². The standard InChI is InChI=1S/C46H63N9O10/c1-30(56)52-29-42(59)50-26-25-49-38(21-23-48-28-36(47)18-13-32-7-4-3-5-8-32)45(63)55-40(44(62)51-24-22-39(46(64)65)54-41(58)9-6-10-43(60)61)27-33-11-14-34(15-12-33)35-16-19-37(20-17-35)53-31(2)57/h3-5,7-8,11-12,14-17,19-20,36,38-40,48-49H,6,9-10,13,18,21-29,47H2,1-2H3,(H,50,59)(H,51,62)(H,52,56)(H,53,57)(H,54,58)(H,55,63)(H,60,61)(H,64,65)/t36-,38-,39+,40+/m0/s1. The molecule has 3 aromatic carbocycles. The first-order chi connectivity index (χ1) is 31.1. The normalized spacial score (nSPS) is 12.7. The maximum absolute atomic E-state index is 14.1. The molecule has 0 bridgehead atoms. The van der Waals surface area contributed by atoms with Crippen LogP contribution in [-0.2, 0) is 51.2 Å². The van der Waals surface area contributed by atoms with Crippen LogP contribution in [0, 0.1) is 0 Å². The molecule has 65 heavy (non-hydrogen) atoms. The van der Waals surface area contributed by atoms with E-state index in [1.54, 1.807) is 12.1 Å². The predicted octanol–water partition coefficient (Wildman–Crippen LogP) is 0.820. The number of nitrogens with one attached hydrogen (secondary N) is 8. The summed E-state index contributed by atoms with van der Waals surface area (Å²) in [6.07, 6.45) is 1.26. The number of rotatable bonds is 30. The van der Waals surface area contributed by atoms with Crippen molar-refractivity contribution in [2.75, 3.05) is 44.6 Å². The molecule has 0 aromatic heterocycles. The van der Waals surface area contributed by atoms with E-state index in [9.17, 15) is 43.5 Å². The Kier molecular flexibility index (Phi) is 23.4. The molecule has 0 unspecified atom stereocenters. The summed E-state index contributed by atoms with van der Waals surface area (Å²) in [7, 11) is 0. The average Bonchev–Trinajstić information content (AvgIpc) is 3.26. The zero-order valence-corrected chi connectivity index (χ0v) is 37.0. The third-order valence-electron chi connectivity index (χ3n) is 10.0. The van der Waals surface area contributed by atoms with Gasteiger partial charge in [-0.2, -0.15) is 0 Å². The van der Waals surface area contributed by atoms with Gasteiger partial charge in [0.15, 0.2) is 0 Å². The van der Waals surface area contributed by atoms with Crippen LogP contribution in [-0.4, -0.2) is 121 Å². The number of carboxylic acids is 2. The molecule has 4 atom stereocenters. The molecule has 19 heteroatoms. The van der Waals surface area contributed by atoms with Crippen molar-refractivity contribution in [2.45, 2.75) is 89.4 Å². The third-order valence-corrected chi connectivity index (χ3v) is 10.0. The molecule has 0 heterocycles. The van der Waals surface area contributed by atoms with E-state index in [-0.39, 0.29) is 82.6 Å². The van der Waals surface area contributed by atoms with Crippen molar-refractivity contribution in [2.24, 2.45) is 5.73 Å². The summed E-state index contributed by atoms with van der Waals surface area (Å²) in [6.45, 7) is 3.50. The van der Waals surface area contributed by atoms with Crippen LogP contribution in [0.4, 0.5) is 5.69 Å². The summed E-state index contributed by atoms with van der Waals surface area (Å²) >= 11 is 0. The highest BCUT2D eigenvalue weighted by molar-refractivity contribution is 5.91. The fourth-order valence-electron chi connectivity index (χ4n) is 6.56. The van der Waals surface area contributed by atoms with E-state index in [4.69, 9.17) is 10.8 Å². The Bertz CT molecular complexity index is 2020. The summed E-state index contributed by atoms with van der Waals surface area (Å²) in [6, 6.07) is 21.1. The minimum atomic E-state index is -1.37. The molecule has 3 aromatic rings. The third kappa shape index (κ3) is 22.0. The highest BCUT2D eigenvalue weighted by atomic mass is 16.4. The second-order valence-electron chi connectivity index (χ2n) is 15.5. The molecule has 0 fully saturated rings. The average molecular weight is 902 g/mol. The lowest BCUT2D eigenvalue weighted by Gasteiger charge is -2.24. The van der Waals surface area contributed by atoms with Crippen LogP contribution in [0.1, 0.15) is 63.5 Å². The molecule has 6 amide bonds. The molecule has 19 nitrogen and oxygen atoms in total. The van der Waals surface area contributed by atoms with Gasteiger partial charge in [0.1, 0.15) is 12.1 Å². The number of carbonyl (C=O) groups excluding carboxylic acids is 6. The maximum Gasteiger partial charge on any atom is 0.326 e. The first-order valence-electron chi connectivity index (χ1n) is 21.6. The van der Waals surface area contributed by atoms with Crippen LogP contribution in [0.3, 0.4) is 0 Å². The molecule has 0 aliphatic carbocycles. The van der Waals surface area contributed by atoms with Crippen molar-refractivity contribution in [1.29, 1.82) is 0 Å². The quantitative estimate of drug-likeness (QED) is 0.0414. The largest absolute Gasteiger partial charge is 0.481 e. The second kappa shape index (κ2) is 28.9. The van der Waals surface area contributed by atoms with E-state index < -0.39 is 53.7 Å². The molecular weight excluding hydrogens is 839 g/mol. The molecule has 352 valence electrons. The van der Waals surface area contributed by atoms with Crippen LogP contribution in [0.15, 0.2) is 78.9 Å². The summed E-state index contributed by atoms with van der Waals surface area (Å²) in [5.41, 5.74) is 10.6. The van der Waals surface area contributed by atoms with Crippen molar-refractivity contribution in [3.8, 4) is 11.1 Å². The molecule has 0 aliphatic rings. The first kappa shape index (κ1) is 52.6. The van der Waals surface area contributed by atoms with Crippen LogP contribution < -0.4 is 48.3 Å². The molecular formula is C46H63N9O10. The number of amides is 6. The number of nitrogens with two attached hydrogens (primary N) is 1. The number of hydrogen-bond donors (Lipinski definition) is 11. The number of carboxylic acid groups (broad SMARTS) is 2. The van der Waals surface area contributed by atoms with Gasteiger partial charge >= 0.3 is 11.9 Å². The van der Waals surface area contributed by atoms with Crippen molar-refractivity contribution in [1.82, 2.24) is 37.2 Å². The predicted molar refractivity (Wildman–Crippen MR) is 244 cm³/mol. The number of benzene rings is 3. The second-order valence-corrected chi connectivity index (χ2v) is 15.5. The van der Waals surface area contributed by atoms with E-state index in [0.717, 1.165) is 24.0 Å². The zero-order valence-electron chi connectivity index (χ0n) is 37.0. The lowest BCUT2D eigenvalue weighted by atomic mass is 9.99. The summed E-state index contributed by atoms with van der Waals surface area (Å²) < 4.78 is 0. The van der Waals surface area contributed by atoms with Crippen molar-refractivity contribution >= 4 is 53.1 Å². The van der Waals surface area contributed by atoms with Gasteiger partial charge in [0.25, 0.3) is 0 Å². The highest BCUT2D eigenvalue weighted by Crippen LogP contribution is 2.22. The summed E-state index contributed by atoms with van der Waals surface area (Å²) in [5, 5.41) is 40.8. The van der Waals surface area contributed by atoms with Gasteiger partial charge in [0.2, 0.25) is 35.4 Å². The molecule has 3 rings (SSSR count). The Morgan fingerprint density at radius 2 is 1.26 bits per heavy atom. The van der Waals surface area contributed by atoms with Gasteiger partial charge in [-0.1, -0.05) is 66.7 Å². The molecule has 0 radical (unpaired) electrons. The Morgan fingerprint density at radius 1 is 0.600 bits per heavy atom. The SMILES string of the molecule is CC(=O)NCC(=O)NCCN[C@@H](CCNC[C@@H](N)CCc1ccccc1)C(=O)N[C@H](Cc1ccc(-c2ccc(NC(C)=O)cc2)cc1)C(=O)NCC[C@@H](NC(=O)CCCC(=O)O)C(=O)O. The van der Waals surface area contributed by atoms with Gasteiger partial charge in [-0.3, -0.25) is 33.6 Å². The molecule has 0 saturated heterocycles. The van der Waals surface area contributed by atoms with E-state index in [1.165, 1.54) is 19.4 Å². The Hall–Kier alpha value is -6.70. The smallest absolute Gasteiger partial charge is 0.326 e. The Morgan fingerprint density at radius 3 is 1.89 bits per heavy atom. The van der Waals surface area contributed by atoms with Crippen molar-refractivity contribution in [3.05, 3.63) is 90.0 Å². The zero-order chi connectivity index (χ0) is 47.6. The molecule has 0 aliphatic heterocycles. The number of carbonyl (C=O) groups is 8. The number of aryl methyl sites for hydroxylation is 1. The first-order valence-corrected chi connectivity index (χ1v) is 21.6. The lowest BCUT2D eigenvalue weighted by Crippen LogP contribution is -2.55. The molecule has 0 spiro atoms. The van der Waals surface area contributed by atoms with Crippen LogP contribution in [0.2, 0.25) is 0 Å². The number of aliphatic carboxylic acids is 2. The summed E-state index contributed by atoms with van der Waals surface area (Å²) in [5.74, 6) is -5.16. The fraction of sp³-hybridized carbons (Fsp3) is 0.435. The molecule has 12 N–H and O–H groups in total. The lowest BCUT2D eigenvalue weighted by molar-refractivity contribution is -0.142. The highest BCUT2D eigenvalue weighted by Gasteiger charge is 2.27.